The molecule has 1 unspecified atom stereocenters. The average Bonchev–Trinajstić information content (AvgIpc) is 2.37. The highest BCUT2D eigenvalue weighted by molar-refractivity contribution is 6.62. The number of rotatable bonds is 7. The summed E-state index contributed by atoms with van der Waals surface area (Å²) in [6, 6.07) is 0. The zero-order valence-corrected chi connectivity index (χ0v) is 16.0. The minimum absolute atomic E-state index is 0.722. The summed E-state index contributed by atoms with van der Waals surface area (Å²) in [7, 11) is 8.57. The van der Waals surface area contributed by atoms with Crippen molar-refractivity contribution in [3.05, 3.63) is 35.7 Å². The van der Waals surface area contributed by atoms with Gasteiger partial charge in [-0.25, -0.2) is 0 Å². The van der Waals surface area contributed by atoms with Gasteiger partial charge < -0.3 is 9.80 Å². The molecule has 21 heavy (non-hydrogen) atoms. The van der Waals surface area contributed by atoms with E-state index in [2.05, 4.69) is 76.4 Å². The highest BCUT2D eigenvalue weighted by Crippen LogP contribution is 2.40. The van der Waals surface area contributed by atoms with Crippen molar-refractivity contribution in [3.8, 4) is 0 Å². The van der Waals surface area contributed by atoms with Crippen LogP contribution in [0, 0.1) is 0 Å². The number of hydrogen-bond donors (Lipinski definition) is 0. The average molecular weight is 304 g/mol. The van der Waals surface area contributed by atoms with Crippen LogP contribution in [0.4, 0.5) is 0 Å². The maximum Gasteiger partial charge on any atom is 0.277 e. The van der Waals surface area contributed by atoms with Gasteiger partial charge in [0.05, 0.1) is 0 Å². The van der Waals surface area contributed by atoms with Crippen LogP contribution in [0.3, 0.4) is 0 Å². The molecular weight excluding hydrogens is 271 g/mol. The Hall–Kier alpha value is -0.648. The second-order valence-corrected chi connectivity index (χ2v) is 10.0. The molecule has 0 aromatic carbocycles. The molecule has 0 heterocycles. The van der Waals surface area contributed by atoms with Crippen LogP contribution in [0.1, 0.15) is 33.1 Å². The molecule has 0 saturated heterocycles. The summed E-state index contributed by atoms with van der Waals surface area (Å²) in [6.07, 6.45) is 13.2. The molecule has 1 rings (SSSR count). The molecule has 0 N–H and O–H groups in total. The smallest absolute Gasteiger partial charge is 0.277 e. The van der Waals surface area contributed by atoms with Crippen LogP contribution in [0.5, 0.6) is 0 Å². The van der Waals surface area contributed by atoms with Crippen LogP contribution >= 0.6 is 0 Å². The van der Waals surface area contributed by atoms with Crippen molar-refractivity contribution in [1.82, 2.24) is 9.80 Å². The van der Waals surface area contributed by atoms with Gasteiger partial charge in [0.15, 0.2) is 0 Å². The summed E-state index contributed by atoms with van der Waals surface area (Å²) in [4.78, 5) is 4.42. The zero-order valence-electron chi connectivity index (χ0n) is 14.9. The molecule has 0 spiro atoms. The number of hydrogen-bond acceptors (Lipinski definition) is 2. The zero-order chi connectivity index (χ0) is 15.8. The van der Waals surface area contributed by atoms with Crippen molar-refractivity contribution in [3.63, 3.8) is 0 Å². The minimum Gasteiger partial charge on any atom is -0.384 e. The predicted octanol–water partition coefficient (Wildman–Crippen LogP) is 4.52. The first-order valence-corrected chi connectivity index (χ1v) is 10.7. The van der Waals surface area contributed by atoms with E-state index < -0.39 is 14.1 Å². The SMILES string of the molecule is CC[CH2][Al]([CH2]CC)[CH]1/C(=C\N(C)C)C=CC/C1=C\N(C)C. The number of nitrogens with zero attached hydrogens (tertiary/aromatic N) is 2. The van der Waals surface area contributed by atoms with E-state index in [0.717, 1.165) is 11.2 Å². The first-order valence-electron chi connectivity index (χ1n) is 8.41. The predicted molar refractivity (Wildman–Crippen MR) is 97.0 cm³/mol. The van der Waals surface area contributed by atoms with Crippen LogP contribution in [0.2, 0.25) is 15.3 Å². The van der Waals surface area contributed by atoms with Gasteiger partial charge in [-0.1, -0.05) is 55.0 Å². The van der Waals surface area contributed by atoms with E-state index in [0.29, 0.717) is 0 Å². The van der Waals surface area contributed by atoms with Crippen molar-refractivity contribution in [2.75, 3.05) is 28.2 Å². The van der Waals surface area contributed by atoms with Crippen molar-refractivity contribution in [2.45, 2.75) is 48.5 Å². The molecule has 0 bridgehead atoms. The fourth-order valence-electron chi connectivity index (χ4n) is 3.46. The lowest BCUT2D eigenvalue weighted by Gasteiger charge is -2.31. The van der Waals surface area contributed by atoms with Crippen molar-refractivity contribution in [2.24, 2.45) is 0 Å². The summed E-state index contributed by atoms with van der Waals surface area (Å²) in [6.45, 7) is 4.69. The molecule has 1 atom stereocenters. The van der Waals surface area contributed by atoms with Gasteiger partial charge in [0.1, 0.15) is 0 Å². The lowest BCUT2D eigenvalue weighted by molar-refractivity contribution is 0.548. The van der Waals surface area contributed by atoms with Crippen molar-refractivity contribution >= 4 is 14.1 Å². The van der Waals surface area contributed by atoms with Crippen LogP contribution in [0.25, 0.3) is 0 Å². The standard InChI is InChI=1S/C12H19N2.2C3H7.Al/c1-13(2)9-11-6-5-7-12(8-11)10-14(3)4;2*1-3-2;/h5-6,8-10H,7H2,1-4H3;2*1,3H2,2H3;/b11-9-,12-10+;;;. The lowest BCUT2D eigenvalue weighted by atomic mass is 9.96. The van der Waals surface area contributed by atoms with Crippen molar-refractivity contribution < 1.29 is 0 Å². The summed E-state index contributed by atoms with van der Waals surface area (Å²) in [5.74, 6) is 0. The van der Waals surface area contributed by atoms with E-state index in [-0.39, 0.29) is 0 Å². The third-order valence-electron chi connectivity index (χ3n) is 4.04. The summed E-state index contributed by atoms with van der Waals surface area (Å²) >= 11 is -0.790. The highest BCUT2D eigenvalue weighted by Gasteiger charge is 2.32. The van der Waals surface area contributed by atoms with E-state index in [4.69, 9.17) is 0 Å². The van der Waals surface area contributed by atoms with E-state index >= 15 is 0 Å². The van der Waals surface area contributed by atoms with Gasteiger partial charge in [-0.2, -0.15) is 0 Å². The van der Waals surface area contributed by atoms with Gasteiger partial charge >= 0.3 is 0 Å². The molecule has 2 nitrogen and oxygen atoms in total. The highest BCUT2D eigenvalue weighted by atomic mass is 27.2. The van der Waals surface area contributed by atoms with E-state index in [1.54, 1.807) is 5.57 Å². The Morgan fingerprint density at radius 3 is 2.10 bits per heavy atom. The molecule has 0 aliphatic heterocycles. The van der Waals surface area contributed by atoms with Gasteiger partial charge in [0.25, 0.3) is 14.1 Å². The van der Waals surface area contributed by atoms with Gasteiger partial charge in [-0.15, -0.1) is 0 Å². The van der Waals surface area contributed by atoms with E-state index in [9.17, 15) is 0 Å². The summed E-state index contributed by atoms with van der Waals surface area (Å²) < 4.78 is 0.722. The third kappa shape index (κ3) is 5.93. The van der Waals surface area contributed by atoms with Crippen LogP contribution < -0.4 is 0 Å². The van der Waals surface area contributed by atoms with Crippen LogP contribution in [-0.2, 0) is 0 Å². The number of allylic oxidation sites excluding steroid dienone is 4. The third-order valence-corrected chi connectivity index (χ3v) is 8.44. The molecule has 0 aromatic heterocycles. The largest absolute Gasteiger partial charge is 0.384 e. The molecule has 1 aliphatic carbocycles. The monoisotopic (exact) mass is 304 g/mol. The minimum atomic E-state index is -0.790. The Morgan fingerprint density at radius 1 is 1.05 bits per heavy atom. The second kappa shape index (κ2) is 9.39. The molecular formula is C18H33AlN2. The molecule has 0 fully saturated rings. The first-order chi connectivity index (χ1) is 9.99. The maximum atomic E-state index is 2.38. The first kappa shape index (κ1) is 18.4. The van der Waals surface area contributed by atoms with Gasteiger partial charge in [-0.3, -0.25) is 0 Å². The molecule has 3 heteroatoms. The molecule has 1 aliphatic rings. The molecule has 0 aromatic rings. The summed E-state index contributed by atoms with van der Waals surface area (Å²) in [5.41, 5.74) is 3.17. The van der Waals surface area contributed by atoms with Gasteiger partial charge in [0.2, 0.25) is 0 Å². The molecule has 0 saturated carbocycles. The lowest BCUT2D eigenvalue weighted by Crippen LogP contribution is -2.26. The van der Waals surface area contributed by atoms with Crippen LogP contribution in [-0.4, -0.2) is 52.1 Å². The Balaban J connectivity index is 3.18. The van der Waals surface area contributed by atoms with Gasteiger partial charge in [0, 0.05) is 34.4 Å². The fourth-order valence-corrected chi connectivity index (χ4v) is 7.46. The molecule has 0 radical (unpaired) electrons. The van der Waals surface area contributed by atoms with E-state index in [1.807, 2.05) is 0 Å². The normalized spacial score (nSPS) is 21.9. The Labute approximate surface area is 136 Å². The Bertz CT molecular complexity index is 388. The summed E-state index contributed by atoms with van der Waals surface area (Å²) in [5, 5.41) is 2.92. The maximum absolute atomic E-state index is 2.38. The Kier molecular flexibility index (Phi) is 8.22. The quantitative estimate of drug-likeness (QED) is 0.638. The molecule has 0 amide bonds. The van der Waals surface area contributed by atoms with Crippen molar-refractivity contribution in [1.29, 1.82) is 0 Å². The Morgan fingerprint density at radius 2 is 1.62 bits per heavy atom. The van der Waals surface area contributed by atoms with Crippen LogP contribution in [0.15, 0.2) is 35.7 Å². The second-order valence-electron chi connectivity index (χ2n) is 6.68. The molecule has 118 valence electrons. The fraction of sp³-hybridized carbons (Fsp3) is 0.667. The van der Waals surface area contributed by atoms with E-state index in [1.165, 1.54) is 29.0 Å². The van der Waals surface area contributed by atoms with Gasteiger partial charge in [-0.05, 0) is 23.0 Å². The topological polar surface area (TPSA) is 6.48 Å².